The zero-order chi connectivity index (χ0) is 14.7. The van der Waals surface area contributed by atoms with Crippen LogP contribution >= 0.6 is 0 Å². The van der Waals surface area contributed by atoms with E-state index < -0.39 is 0 Å². The maximum Gasteiger partial charge on any atom is 0.157 e. The van der Waals surface area contributed by atoms with E-state index in [1.165, 1.54) is 32.1 Å². The van der Waals surface area contributed by atoms with E-state index in [9.17, 15) is 4.79 Å². The lowest BCUT2D eigenvalue weighted by atomic mass is 9.85. The number of piperidine rings is 1. The first-order valence-corrected chi connectivity index (χ1v) is 8.19. The minimum Gasteiger partial charge on any atom is -0.398 e. The van der Waals surface area contributed by atoms with Crippen molar-refractivity contribution in [3.63, 3.8) is 0 Å². The number of pyridine rings is 1. The number of ketones is 1. The van der Waals surface area contributed by atoms with Crippen LogP contribution in [0.15, 0.2) is 18.5 Å². The van der Waals surface area contributed by atoms with Gasteiger partial charge in [0.25, 0.3) is 0 Å². The van der Waals surface area contributed by atoms with Gasteiger partial charge in [-0.1, -0.05) is 19.3 Å². The number of carbonyl (C=O) groups is 1. The monoisotopic (exact) mass is 287 g/mol. The molecule has 0 atom stereocenters. The lowest BCUT2D eigenvalue weighted by Crippen LogP contribution is -2.55. The van der Waals surface area contributed by atoms with Crippen LogP contribution in [-0.4, -0.2) is 34.3 Å². The minimum atomic E-state index is -0.220. The number of nitrogens with zero attached hydrogens (tertiary/aromatic N) is 2. The van der Waals surface area contributed by atoms with Crippen molar-refractivity contribution in [3.05, 3.63) is 24.0 Å². The molecule has 1 aliphatic heterocycles. The van der Waals surface area contributed by atoms with Crippen LogP contribution in [0.3, 0.4) is 0 Å². The number of nitrogen functional groups attached to an aromatic ring is 1. The molecular weight excluding hydrogens is 262 g/mol. The van der Waals surface area contributed by atoms with Gasteiger partial charge in [0.2, 0.25) is 0 Å². The Balaban J connectivity index is 1.80. The predicted octanol–water partition coefficient (Wildman–Crippen LogP) is 2.57. The fraction of sp³-hybridized carbons (Fsp3) is 0.647. The van der Waals surface area contributed by atoms with Gasteiger partial charge in [0.15, 0.2) is 5.78 Å². The number of hydrogen-bond acceptors (Lipinski definition) is 4. The summed E-state index contributed by atoms with van der Waals surface area (Å²) in [5.41, 5.74) is 7.33. The fourth-order valence-electron chi connectivity index (χ4n) is 3.98. The van der Waals surface area contributed by atoms with Crippen LogP contribution in [0.4, 0.5) is 5.69 Å². The minimum absolute atomic E-state index is 0.220. The summed E-state index contributed by atoms with van der Waals surface area (Å²) < 4.78 is 0. The third-order valence-corrected chi connectivity index (χ3v) is 5.20. The van der Waals surface area contributed by atoms with E-state index in [0.29, 0.717) is 17.9 Å². The Kier molecular flexibility index (Phi) is 4.24. The summed E-state index contributed by atoms with van der Waals surface area (Å²) in [6.07, 6.45) is 12.0. The Morgan fingerprint density at radius 3 is 2.57 bits per heavy atom. The molecule has 0 bridgehead atoms. The molecule has 0 spiro atoms. The van der Waals surface area contributed by atoms with Crippen LogP contribution in [-0.2, 0) is 11.2 Å². The molecule has 114 valence electrons. The average Bonchev–Trinajstić information content (AvgIpc) is 3.01. The van der Waals surface area contributed by atoms with Crippen LogP contribution < -0.4 is 5.73 Å². The largest absolute Gasteiger partial charge is 0.398 e. The number of aromatic nitrogens is 1. The molecule has 4 heteroatoms. The Morgan fingerprint density at radius 1 is 1.19 bits per heavy atom. The van der Waals surface area contributed by atoms with Crippen molar-refractivity contribution in [2.24, 2.45) is 0 Å². The van der Waals surface area contributed by atoms with Gasteiger partial charge in [-0.25, -0.2) is 0 Å². The molecule has 0 radical (unpaired) electrons. The Bertz CT molecular complexity index is 503. The number of likely N-dealkylation sites (tertiary alicyclic amines) is 1. The normalized spacial score (nSPS) is 22.3. The first-order chi connectivity index (χ1) is 10.2. The van der Waals surface area contributed by atoms with Gasteiger partial charge in [-0.2, -0.15) is 0 Å². The van der Waals surface area contributed by atoms with Crippen molar-refractivity contribution in [1.29, 1.82) is 0 Å². The summed E-state index contributed by atoms with van der Waals surface area (Å²) in [5, 5.41) is 0. The standard InChI is InChI=1S/C17H25N3O/c18-15-6-9-19-13-14(15)12-16(21)17(7-2-3-8-17)20-10-4-1-5-11-20/h6,9,13H,1-5,7-8,10-12H2,(H2,18,19). The second-order valence-corrected chi connectivity index (χ2v) is 6.46. The highest BCUT2D eigenvalue weighted by Crippen LogP contribution is 2.38. The highest BCUT2D eigenvalue weighted by Gasteiger charge is 2.45. The molecule has 21 heavy (non-hydrogen) atoms. The number of carbonyl (C=O) groups excluding carboxylic acids is 1. The SMILES string of the molecule is Nc1ccncc1CC(=O)C1(N2CCCCC2)CCCC1. The van der Waals surface area contributed by atoms with E-state index in [-0.39, 0.29) is 5.54 Å². The molecule has 0 amide bonds. The van der Waals surface area contributed by atoms with Crippen molar-refractivity contribution < 1.29 is 4.79 Å². The Hall–Kier alpha value is -1.42. The molecule has 1 aromatic rings. The molecule has 1 aliphatic carbocycles. The maximum atomic E-state index is 13.1. The van der Waals surface area contributed by atoms with Crippen molar-refractivity contribution in [2.45, 2.75) is 56.9 Å². The molecule has 1 aromatic heterocycles. The van der Waals surface area contributed by atoms with Crippen molar-refractivity contribution >= 4 is 11.5 Å². The van der Waals surface area contributed by atoms with Gasteiger partial charge in [-0.15, -0.1) is 0 Å². The summed E-state index contributed by atoms with van der Waals surface area (Å²) >= 11 is 0. The molecule has 2 N–H and O–H groups in total. The summed E-state index contributed by atoms with van der Waals surface area (Å²) in [6.45, 7) is 2.16. The molecular formula is C17H25N3O. The van der Waals surface area contributed by atoms with E-state index >= 15 is 0 Å². The maximum absolute atomic E-state index is 13.1. The van der Waals surface area contributed by atoms with Crippen molar-refractivity contribution in [2.75, 3.05) is 18.8 Å². The van der Waals surface area contributed by atoms with E-state index in [4.69, 9.17) is 5.73 Å². The van der Waals surface area contributed by atoms with E-state index in [0.717, 1.165) is 31.5 Å². The van der Waals surface area contributed by atoms with Gasteiger partial charge in [-0.3, -0.25) is 14.7 Å². The molecule has 3 rings (SSSR count). The van der Waals surface area contributed by atoms with Crippen LogP contribution in [0, 0.1) is 0 Å². The Morgan fingerprint density at radius 2 is 1.90 bits per heavy atom. The van der Waals surface area contributed by atoms with E-state index in [1.54, 1.807) is 18.5 Å². The third kappa shape index (κ3) is 2.82. The van der Waals surface area contributed by atoms with Crippen molar-refractivity contribution in [1.82, 2.24) is 9.88 Å². The second kappa shape index (κ2) is 6.14. The zero-order valence-electron chi connectivity index (χ0n) is 12.7. The third-order valence-electron chi connectivity index (χ3n) is 5.20. The zero-order valence-corrected chi connectivity index (χ0v) is 12.7. The first kappa shape index (κ1) is 14.5. The second-order valence-electron chi connectivity index (χ2n) is 6.46. The number of rotatable bonds is 4. The van der Waals surface area contributed by atoms with Crippen LogP contribution in [0.25, 0.3) is 0 Å². The highest BCUT2D eigenvalue weighted by molar-refractivity contribution is 5.91. The number of nitrogens with two attached hydrogens (primary N) is 1. The summed E-state index contributed by atoms with van der Waals surface area (Å²) in [6, 6.07) is 1.78. The summed E-state index contributed by atoms with van der Waals surface area (Å²) in [7, 11) is 0. The molecule has 2 heterocycles. The quantitative estimate of drug-likeness (QED) is 0.924. The fourth-order valence-corrected chi connectivity index (χ4v) is 3.98. The van der Waals surface area contributed by atoms with Gasteiger partial charge < -0.3 is 5.73 Å². The molecule has 4 nitrogen and oxygen atoms in total. The van der Waals surface area contributed by atoms with Gasteiger partial charge >= 0.3 is 0 Å². The van der Waals surface area contributed by atoms with Gasteiger partial charge in [-0.05, 0) is 44.8 Å². The summed E-state index contributed by atoms with van der Waals surface area (Å²) in [5.74, 6) is 0.349. The highest BCUT2D eigenvalue weighted by atomic mass is 16.1. The number of Topliss-reactive ketones (excluding diaryl/α,β-unsaturated/α-hetero) is 1. The molecule has 0 unspecified atom stereocenters. The van der Waals surface area contributed by atoms with Crippen LogP contribution in [0.1, 0.15) is 50.5 Å². The van der Waals surface area contributed by atoms with E-state index in [2.05, 4.69) is 9.88 Å². The Labute approximate surface area is 126 Å². The lowest BCUT2D eigenvalue weighted by Gasteiger charge is -2.42. The molecule has 1 saturated heterocycles. The lowest BCUT2D eigenvalue weighted by molar-refractivity contribution is -0.131. The van der Waals surface area contributed by atoms with Crippen LogP contribution in [0.2, 0.25) is 0 Å². The van der Waals surface area contributed by atoms with Crippen molar-refractivity contribution in [3.8, 4) is 0 Å². The topological polar surface area (TPSA) is 59.2 Å². The number of hydrogen-bond donors (Lipinski definition) is 1. The van der Waals surface area contributed by atoms with Gasteiger partial charge in [0.05, 0.1) is 5.54 Å². The van der Waals surface area contributed by atoms with Gasteiger partial charge in [0, 0.05) is 30.1 Å². The van der Waals surface area contributed by atoms with E-state index in [1.807, 2.05) is 0 Å². The van der Waals surface area contributed by atoms with Gasteiger partial charge in [0.1, 0.15) is 0 Å². The van der Waals surface area contributed by atoms with Crippen LogP contribution in [0.5, 0.6) is 0 Å². The molecule has 2 aliphatic rings. The smallest absolute Gasteiger partial charge is 0.157 e. The molecule has 0 aromatic carbocycles. The summed E-state index contributed by atoms with van der Waals surface area (Å²) in [4.78, 5) is 19.6. The first-order valence-electron chi connectivity index (χ1n) is 8.19. The number of anilines is 1. The molecule has 2 fully saturated rings. The average molecular weight is 287 g/mol. The predicted molar refractivity (Wildman–Crippen MR) is 84.0 cm³/mol. The molecule has 1 saturated carbocycles.